The molecule has 4 rings (SSSR count). The van der Waals surface area contributed by atoms with Crippen molar-refractivity contribution in [1.29, 1.82) is 5.26 Å². The number of hydrogen-bond donors (Lipinski definition) is 2. The highest BCUT2D eigenvalue weighted by molar-refractivity contribution is 7.92. The molecule has 2 N–H and O–H groups in total. The molecule has 0 aromatic heterocycles. The Morgan fingerprint density at radius 2 is 1.82 bits per heavy atom. The van der Waals surface area contributed by atoms with Gasteiger partial charge in [0.2, 0.25) is 5.91 Å². The van der Waals surface area contributed by atoms with Gasteiger partial charge >= 0.3 is 6.18 Å². The molecule has 38 heavy (non-hydrogen) atoms. The van der Waals surface area contributed by atoms with Crippen LogP contribution in [0.5, 0.6) is 0 Å². The summed E-state index contributed by atoms with van der Waals surface area (Å²) in [7, 11) is -3.98. The van der Waals surface area contributed by atoms with Crippen LogP contribution in [-0.2, 0) is 14.6 Å². The Morgan fingerprint density at radius 3 is 2.39 bits per heavy atom. The topological polar surface area (TPSA) is 102 Å². The number of nitriles is 1. The molecule has 1 saturated heterocycles. The first-order chi connectivity index (χ1) is 17.8. The number of halogens is 5. The van der Waals surface area contributed by atoms with Gasteiger partial charge in [-0.1, -0.05) is 47.5 Å². The number of nitrogens with one attached hydrogen (secondary N) is 2. The number of likely N-dealkylation sites (tertiary alicyclic amines) is 1. The second-order valence-electron chi connectivity index (χ2n) is 9.53. The maximum atomic E-state index is 13.8. The molecule has 0 bridgehead atoms. The predicted molar refractivity (Wildman–Crippen MR) is 136 cm³/mol. The summed E-state index contributed by atoms with van der Waals surface area (Å²) in [4.78, 5) is 15.0. The summed E-state index contributed by atoms with van der Waals surface area (Å²) in [6.45, 7) is -1.56. The fourth-order valence-corrected chi connectivity index (χ4v) is 6.95. The van der Waals surface area contributed by atoms with Crippen LogP contribution < -0.4 is 10.6 Å². The molecule has 2 aromatic rings. The lowest BCUT2D eigenvalue weighted by atomic mass is 10.0. The quantitative estimate of drug-likeness (QED) is 0.453. The van der Waals surface area contributed by atoms with Crippen molar-refractivity contribution in [2.75, 3.05) is 19.6 Å². The van der Waals surface area contributed by atoms with Crippen LogP contribution in [0.3, 0.4) is 0 Å². The first-order valence-electron chi connectivity index (χ1n) is 11.9. The largest absolute Gasteiger partial charge is 0.401 e. The zero-order valence-corrected chi connectivity index (χ0v) is 22.3. The summed E-state index contributed by atoms with van der Waals surface area (Å²) < 4.78 is 66.3. The second-order valence-corrected chi connectivity index (χ2v) is 12.6. The third-order valence-corrected chi connectivity index (χ3v) is 9.72. The van der Waals surface area contributed by atoms with Crippen molar-refractivity contribution in [2.24, 2.45) is 0 Å². The number of benzene rings is 2. The van der Waals surface area contributed by atoms with Gasteiger partial charge in [-0.05, 0) is 49.1 Å². The van der Waals surface area contributed by atoms with E-state index >= 15 is 0 Å². The molecule has 1 heterocycles. The van der Waals surface area contributed by atoms with Crippen LogP contribution in [0.4, 0.5) is 13.2 Å². The Morgan fingerprint density at radius 1 is 1.16 bits per heavy atom. The van der Waals surface area contributed by atoms with E-state index in [1.807, 2.05) is 0 Å². The minimum atomic E-state index is -4.59. The van der Waals surface area contributed by atoms with Gasteiger partial charge in [0.25, 0.3) is 0 Å². The lowest BCUT2D eigenvalue weighted by Gasteiger charge is -2.30. The van der Waals surface area contributed by atoms with Gasteiger partial charge in [0.1, 0.15) is 11.6 Å². The van der Waals surface area contributed by atoms with Crippen molar-refractivity contribution >= 4 is 38.9 Å². The number of carbonyl (C=O) groups excluding carboxylic acids is 1. The highest BCUT2D eigenvalue weighted by Crippen LogP contribution is 2.37. The number of sulfone groups is 1. The minimum absolute atomic E-state index is 0.0282. The van der Waals surface area contributed by atoms with E-state index < -0.39 is 51.3 Å². The van der Waals surface area contributed by atoms with Gasteiger partial charge in [-0.25, -0.2) is 8.42 Å². The van der Waals surface area contributed by atoms with Gasteiger partial charge in [-0.3, -0.25) is 15.4 Å². The maximum Gasteiger partial charge on any atom is 0.401 e. The predicted octanol–water partition coefficient (Wildman–Crippen LogP) is 4.28. The number of hydrogen-bond acceptors (Lipinski definition) is 6. The molecule has 3 atom stereocenters. The average Bonchev–Trinajstić information content (AvgIpc) is 3.52. The average molecular weight is 589 g/mol. The molecule has 13 heteroatoms. The standard InChI is InChI=1S/C25H25Cl2F3N4O3S/c26-17-7-5-16(6-8-17)22(32-15-25(28,29)30)23(35)34-13-19(11-18(34)12-33-24(14-31)9-10-24)38(36,37)21-4-2-1-3-20(21)27/h1-8,18-19,22,32-33H,9-13,15H2/t18?,19-,22?/m1/s1. The Kier molecular flexibility index (Phi) is 8.31. The van der Waals surface area contributed by atoms with E-state index in [0.717, 1.165) is 0 Å². The van der Waals surface area contributed by atoms with Crippen LogP contribution in [-0.4, -0.2) is 61.9 Å². The highest BCUT2D eigenvalue weighted by Gasteiger charge is 2.48. The van der Waals surface area contributed by atoms with E-state index in [2.05, 4.69) is 16.7 Å². The Bertz CT molecular complexity index is 1330. The zero-order chi connectivity index (χ0) is 27.7. The fraction of sp³-hybridized carbons (Fsp3) is 0.440. The fourth-order valence-electron chi connectivity index (χ4n) is 4.57. The van der Waals surface area contributed by atoms with E-state index in [1.165, 1.54) is 47.4 Å². The molecule has 7 nitrogen and oxygen atoms in total. The van der Waals surface area contributed by atoms with Gasteiger partial charge in [0, 0.05) is 24.2 Å². The van der Waals surface area contributed by atoms with Gasteiger partial charge in [-0.15, -0.1) is 0 Å². The molecule has 2 unspecified atom stereocenters. The number of alkyl halides is 3. The molecular formula is C25H25Cl2F3N4O3S. The van der Waals surface area contributed by atoms with Crippen LogP contribution in [0.2, 0.25) is 10.0 Å². The van der Waals surface area contributed by atoms with Crippen molar-refractivity contribution in [1.82, 2.24) is 15.5 Å². The van der Waals surface area contributed by atoms with Crippen molar-refractivity contribution < 1.29 is 26.4 Å². The molecule has 204 valence electrons. The molecule has 1 amide bonds. The van der Waals surface area contributed by atoms with E-state index in [9.17, 15) is 31.6 Å². The van der Waals surface area contributed by atoms with E-state index in [1.54, 1.807) is 6.07 Å². The highest BCUT2D eigenvalue weighted by atomic mass is 35.5. The molecule has 0 radical (unpaired) electrons. The van der Waals surface area contributed by atoms with Crippen LogP contribution in [0.1, 0.15) is 30.9 Å². The minimum Gasteiger partial charge on any atom is -0.335 e. The molecule has 1 aliphatic heterocycles. The van der Waals surface area contributed by atoms with Crippen molar-refractivity contribution in [3.05, 3.63) is 64.1 Å². The smallest absolute Gasteiger partial charge is 0.335 e. The van der Waals surface area contributed by atoms with Crippen molar-refractivity contribution in [2.45, 2.75) is 53.2 Å². The zero-order valence-electron chi connectivity index (χ0n) is 20.0. The van der Waals surface area contributed by atoms with Crippen LogP contribution in [0, 0.1) is 11.3 Å². The summed E-state index contributed by atoms with van der Waals surface area (Å²) in [6.07, 6.45) is -3.32. The Hall–Kier alpha value is -2.36. The summed E-state index contributed by atoms with van der Waals surface area (Å²) in [6, 6.07) is 11.9. The molecule has 1 aliphatic carbocycles. The van der Waals surface area contributed by atoms with E-state index in [0.29, 0.717) is 17.9 Å². The molecule has 0 spiro atoms. The lowest BCUT2D eigenvalue weighted by Crippen LogP contribution is -2.49. The Balaban J connectivity index is 1.65. The number of carbonyl (C=O) groups is 1. The summed E-state index contributed by atoms with van der Waals surface area (Å²) in [5.41, 5.74) is -0.484. The third kappa shape index (κ3) is 6.43. The SMILES string of the molecule is N#CC1(NCC2C[C@@H](S(=O)(=O)c3ccccc3Cl)CN2C(=O)C(NCC(F)(F)F)c2ccc(Cl)cc2)CC1. The van der Waals surface area contributed by atoms with Gasteiger partial charge < -0.3 is 4.90 Å². The summed E-state index contributed by atoms with van der Waals surface area (Å²) in [5.74, 6) is -0.706. The van der Waals surface area contributed by atoms with E-state index in [-0.39, 0.29) is 35.0 Å². The molecule has 2 aliphatic rings. The monoisotopic (exact) mass is 588 g/mol. The maximum absolute atomic E-state index is 13.8. The summed E-state index contributed by atoms with van der Waals surface area (Å²) in [5, 5.41) is 14.2. The molecular weight excluding hydrogens is 564 g/mol. The molecule has 2 fully saturated rings. The number of rotatable bonds is 9. The van der Waals surface area contributed by atoms with Crippen molar-refractivity contribution in [3.63, 3.8) is 0 Å². The first-order valence-corrected chi connectivity index (χ1v) is 14.2. The molecule has 2 aromatic carbocycles. The van der Waals surface area contributed by atoms with Crippen molar-refractivity contribution in [3.8, 4) is 6.07 Å². The molecule has 1 saturated carbocycles. The van der Waals surface area contributed by atoms with E-state index in [4.69, 9.17) is 23.2 Å². The van der Waals surface area contributed by atoms with Crippen LogP contribution in [0.15, 0.2) is 53.4 Å². The van der Waals surface area contributed by atoms with Gasteiger partial charge in [0.15, 0.2) is 9.84 Å². The lowest BCUT2D eigenvalue weighted by molar-refractivity contribution is -0.139. The summed E-state index contributed by atoms with van der Waals surface area (Å²) >= 11 is 12.1. The van der Waals surface area contributed by atoms with Crippen LogP contribution >= 0.6 is 23.2 Å². The second kappa shape index (κ2) is 11.0. The third-order valence-electron chi connectivity index (χ3n) is 6.84. The van der Waals surface area contributed by atoms with Crippen LogP contribution in [0.25, 0.3) is 0 Å². The normalized spacial score (nSPS) is 21.6. The Labute approximate surface area is 228 Å². The number of amides is 1. The number of nitrogens with zero attached hydrogens (tertiary/aromatic N) is 2. The van der Waals surface area contributed by atoms with Gasteiger partial charge in [-0.2, -0.15) is 18.4 Å². The first kappa shape index (κ1) is 28.6. The van der Waals surface area contributed by atoms with Gasteiger partial charge in [0.05, 0.1) is 27.8 Å².